The highest BCUT2D eigenvalue weighted by Gasteiger charge is 2.46. The number of nitrogens with zero attached hydrogens (tertiary/aromatic N) is 2. The molecule has 2 aromatic rings. The molecule has 1 N–H and O–H groups in total. The number of aryl methyl sites for hydroxylation is 3. The summed E-state index contributed by atoms with van der Waals surface area (Å²) in [5, 5.41) is 6.66. The van der Waals surface area contributed by atoms with E-state index in [1.165, 1.54) is 11.1 Å². The van der Waals surface area contributed by atoms with E-state index in [9.17, 15) is 4.79 Å². The van der Waals surface area contributed by atoms with Gasteiger partial charge >= 0.3 is 0 Å². The van der Waals surface area contributed by atoms with Crippen molar-refractivity contribution in [3.63, 3.8) is 0 Å². The van der Waals surface area contributed by atoms with Gasteiger partial charge in [-0.1, -0.05) is 24.3 Å². The minimum absolute atomic E-state index is 0.214. The van der Waals surface area contributed by atoms with Gasteiger partial charge in [-0.3, -0.25) is 4.79 Å². The van der Waals surface area contributed by atoms with E-state index < -0.39 is 0 Å². The average Bonchev–Trinajstić information content (AvgIpc) is 3.29. The molecule has 0 unspecified atom stereocenters. The van der Waals surface area contributed by atoms with Crippen molar-refractivity contribution in [3.05, 3.63) is 51.5 Å². The third kappa shape index (κ3) is 3.23. The van der Waals surface area contributed by atoms with Crippen LogP contribution in [0.2, 0.25) is 0 Å². The molecule has 132 valence electrons. The standard InChI is InChI=1S/C20H25N3OS/c1-13-5-3-4-6-17(13)20-18-10-21-9-15(18)11-23(20)19(24)8-7-16-12-25-14(2)22-16/h3-6,12,15,18,20-21H,7-11H2,1-2H3/t15-,18-,20-/m0/s1. The molecule has 25 heavy (non-hydrogen) atoms. The first-order chi connectivity index (χ1) is 12.1. The molecule has 1 aromatic heterocycles. The molecular formula is C20H25N3OS. The van der Waals surface area contributed by atoms with Crippen molar-refractivity contribution in [1.82, 2.24) is 15.2 Å². The Kier molecular flexibility index (Phi) is 4.61. The number of rotatable bonds is 4. The fourth-order valence-electron chi connectivity index (χ4n) is 4.40. The Morgan fingerprint density at radius 3 is 2.92 bits per heavy atom. The van der Waals surface area contributed by atoms with E-state index in [0.29, 0.717) is 18.3 Å². The van der Waals surface area contributed by atoms with Crippen LogP contribution in [0.4, 0.5) is 0 Å². The Labute approximate surface area is 153 Å². The van der Waals surface area contributed by atoms with Gasteiger partial charge in [-0.05, 0) is 37.3 Å². The monoisotopic (exact) mass is 355 g/mol. The summed E-state index contributed by atoms with van der Waals surface area (Å²) in [5.74, 6) is 1.38. The number of hydrogen-bond donors (Lipinski definition) is 1. The number of thiazole rings is 1. The van der Waals surface area contributed by atoms with Gasteiger partial charge in [0, 0.05) is 37.4 Å². The van der Waals surface area contributed by atoms with E-state index >= 15 is 0 Å². The Hall–Kier alpha value is -1.72. The number of amides is 1. The number of aromatic nitrogens is 1. The van der Waals surface area contributed by atoms with Crippen LogP contribution in [0.15, 0.2) is 29.6 Å². The Bertz CT molecular complexity index is 772. The molecule has 3 heterocycles. The second kappa shape index (κ2) is 6.89. The predicted molar refractivity (Wildman–Crippen MR) is 101 cm³/mol. The van der Waals surface area contributed by atoms with Crippen LogP contribution in [0.3, 0.4) is 0 Å². The lowest BCUT2D eigenvalue weighted by atomic mass is 9.87. The van der Waals surface area contributed by atoms with Crippen LogP contribution in [0.5, 0.6) is 0 Å². The highest BCUT2D eigenvalue weighted by atomic mass is 32.1. The summed E-state index contributed by atoms with van der Waals surface area (Å²) < 4.78 is 0. The number of likely N-dealkylation sites (tertiary alicyclic amines) is 1. The van der Waals surface area contributed by atoms with Gasteiger partial charge in [0.05, 0.1) is 16.7 Å². The largest absolute Gasteiger partial charge is 0.335 e. The van der Waals surface area contributed by atoms with Crippen molar-refractivity contribution in [2.75, 3.05) is 19.6 Å². The van der Waals surface area contributed by atoms with Crippen LogP contribution >= 0.6 is 11.3 Å². The molecule has 2 aliphatic rings. The zero-order valence-electron chi connectivity index (χ0n) is 14.9. The van der Waals surface area contributed by atoms with Crippen LogP contribution in [0.1, 0.15) is 34.3 Å². The van der Waals surface area contributed by atoms with Crippen LogP contribution in [0, 0.1) is 25.7 Å². The maximum absolute atomic E-state index is 13.0. The molecule has 0 radical (unpaired) electrons. The molecule has 0 spiro atoms. The first-order valence-corrected chi connectivity index (χ1v) is 9.98. The molecule has 2 saturated heterocycles. The van der Waals surface area contributed by atoms with Gasteiger partial charge in [-0.25, -0.2) is 4.98 Å². The minimum atomic E-state index is 0.214. The summed E-state index contributed by atoms with van der Waals surface area (Å²) in [5.41, 5.74) is 3.65. The summed E-state index contributed by atoms with van der Waals surface area (Å²) in [6.45, 7) is 7.09. The van der Waals surface area contributed by atoms with Gasteiger partial charge in [-0.15, -0.1) is 11.3 Å². The predicted octanol–water partition coefficient (Wildman–Crippen LogP) is 3.11. The third-order valence-electron chi connectivity index (χ3n) is 5.65. The summed E-state index contributed by atoms with van der Waals surface area (Å²) in [6, 6.07) is 8.75. The van der Waals surface area contributed by atoms with Crippen LogP contribution in [-0.4, -0.2) is 35.4 Å². The van der Waals surface area contributed by atoms with Gasteiger partial charge in [0.15, 0.2) is 0 Å². The Morgan fingerprint density at radius 1 is 1.32 bits per heavy atom. The number of carbonyl (C=O) groups is 1. The molecule has 2 fully saturated rings. The average molecular weight is 356 g/mol. The zero-order chi connectivity index (χ0) is 17.4. The first-order valence-electron chi connectivity index (χ1n) is 9.10. The van der Waals surface area contributed by atoms with Crippen molar-refractivity contribution >= 4 is 17.2 Å². The molecule has 0 bridgehead atoms. The lowest BCUT2D eigenvalue weighted by Crippen LogP contribution is -2.35. The molecular weight excluding hydrogens is 330 g/mol. The highest BCUT2D eigenvalue weighted by Crippen LogP contribution is 2.43. The molecule has 3 atom stereocenters. The SMILES string of the molecule is Cc1nc(CCC(=O)N2C[C@@H]3CNC[C@@H]3[C@@H]2c2ccccc2C)cs1. The Balaban J connectivity index is 1.54. The van der Waals surface area contributed by atoms with Gasteiger partial charge in [-0.2, -0.15) is 0 Å². The van der Waals surface area contributed by atoms with E-state index in [-0.39, 0.29) is 11.9 Å². The highest BCUT2D eigenvalue weighted by molar-refractivity contribution is 7.09. The molecule has 1 aromatic carbocycles. The molecule has 0 saturated carbocycles. The number of fused-ring (bicyclic) bond motifs is 1. The topological polar surface area (TPSA) is 45.2 Å². The quantitative estimate of drug-likeness (QED) is 0.917. The van der Waals surface area contributed by atoms with Gasteiger partial charge < -0.3 is 10.2 Å². The number of nitrogens with one attached hydrogen (secondary N) is 1. The van der Waals surface area contributed by atoms with E-state index in [1.54, 1.807) is 11.3 Å². The second-order valence-electron chi connectivity index (χ2n) is 7.29. The number of carbonyl (C=O) groups excluding carboxylic acids is 1. The molecule has 4 rings (SSSR count). The third-order valence-corrected chi connectivity index (χ3v) is 6.48. The summed E-state index contributed by atoms with van der Waals surface area (Å²) in [6.07, 6.45) is 1.30. The fraction of sp³-hybridized carbons (Fsp3) is 0.500. The summed E-state index contributed by atoms with van der Waals surface area (Å²) in [7, 11) is 0. The van der Waals surface area contributed by atoms with E-state index in [0.717, 1.165) is 36.8 Å². The van der Waals surface area contributed by atoms with Gasteiger partial charge in [0.1, 0.15) is 0 Å². The lowest BCUT2D eigenvalue weighted by molar-refractivity contribution is -0.132. The minimum Gasteiger partial charge on any atom is -0.335 e. The van der Waals surface area contributed by atoms with Crippen molar-refractivity contribution in [1.29, 1.82) is 0 Å². The van der Waals surface area contributed by atoms with E-state index in [1.807, 2.05) is 6.92 Å². The van der Waals surface area contributed by atoms with Crippen LogP contribution < -0.4 is 5.32 Å². The van der Waals surface area contributed by atoms with Crippen molar-refractivity contribution in [3.8, 4) is 0 Å². The summed E-state index contributed by atoms with van der Waals surface area (Å²) >= 11 is 1.66. The lowest BCUT2D eigenvalue weighted by Gasteiger charge is -2.29. The second-order valence-corrected chi connectivity index (χ2v) is 8.35. The van der Waals surface area contributed by atoms with Gasteiger partial charge in [0.25, 0.3) is 0 Å². The summed E-state index contributed by atoms with van der Waals surface area (Å²) in [4.78, 5) is 19.7. The zero-order valence-corrected chi connectivity index (χ0v) is 15.7. The molecule has 5 heteroatoms. The normalized spacial score (nSPS) is 25.4. The number of hydrogen-bond acceptors (Lipinski definition) is 4. The van der Waals surface area contributed by atoms with Crippen molar-refractivity contribution in [2.45, 2.75) is 32.7 Å². The van der Waals surface area contributed by atoms with Crippen molar-refractivity contribution in [2.24, 2.45) is 11.8 Å². The van der Waals surface area contributed by atoms with Crippen LogP contribution in [-0.2, 0) is 11.2 Å². The first kappa shape index (κ1) is 16.7. The van der Waals surface area contributed by atoms with Crippen LogP contribution in [0.25, 0.3) is 0 Å². The smallest absolute Gasteiger partial charge is 0.223 e. The fourth-order valence-corrected chi connectivity index (χ4v) is 5.04. The molecule has 2 aliphatic heterocycles. The molecule has 0 aliphatic carbocycles. The Morgan fingerprint density at radius 2 is 2.16 bits per heavy atom. The maximum Gasteiger partial charge on any atom is 0.223 e. The molecule has 1 amide bonds. The number of benzene rings is 1. The van der Waals surface area contributed by atoms with Gasteiger partial charge in [0.2, 0.25) is 5.91 Å². The molecule has 4 nitrogen and oxygen atoms in total. The van der Waals surface area contributed by atoms with E-state index in [4.69, 9.17) is 0 Å². The van der Waals surface area contributed by atoms with E-state index in [2.05, 4.69) is 51.8 Å². The van der Waals surface area contributed by atoms with Crippen molar-refractivity contribution < 1.29 is 4.79 Å². The maximum atomic E-state index is 13.0.